The Labute approximate surface area is 146 Å². The quantitative estimate of drug-likeness (QED) is 0.728. The second-order valence-electron chi connectivity index (χ2n) is 4.12. The second-order valence-corrected chi connectivity index (χ2v) is 4.12. The van der Waals surface area contributed by atoms with Gasteiger partial charge in [-0.3, -0.25) is 4.79 Å². The maximum Gasteiger partial charge on any atom is 1.00 e. The molecule has 0 aromatic heterocycles. The molecule has 1 aliphatic rings. The van der Waals surface area contributed by atoms with Crippen molar-refractivity contribution in [3.8, 4) is 5.75 Å². The van der Waals surface area contributed by atoms with Crippen molar-refractivity contribution in [2.24, 2.45) is 0 Å². The third-order valence-corrected chi connectivity index (χ3v) is 2.67. The Morgan fingerprint density at radius 2 is 1.94 bits per heavy atom. The second kappa shape index (κ2) is 6.56. The van der Waals surface area contributed by atoms with Crippen LogP contribution in [-0.4, -0.2) is 19.3 Å². The topological polar surface area (TPSA) is 26.3 Å². The molecule has 0 heterocycles. The van der Waals surface area contributed by atoms with Crippen molar-refractivity contribution >= 4 is 12.8 Å². The molecule has 1 aromatic rings. The number of carbonyl (C=O) groups excluding carboxylic acids is 1. The van der Waals surface area contributed by atoms with Gasteiger partial charge in [0.15, 0.2) is 5.78 Å². The SMILES string of the molecule is O=C1CCCc2cc(OC[B-](F)(F)F)ccc21.[K+]. The van der Waals surface area contributed by atoms with E-state index in [4.69, 9.17) is 0 Å². The van der Waals surface area contributed by atoms with Gasteiger partial charge in [-0.15, -0.1) is 0 Å². The average Bonchev–Trinajstić information content (AvgIpc) is 2.26. The van der Waals surface area contributed by atoms with Crippen LogP contribution in [0.5, 0.6) is 5.75 Å². The number of hydrogen-bond donors (Lipinski definition) is 0. The van der Waals surface area contributed by atoms with Gasteiger partial charge in [0.25, 0.3) is 0 Å². The Balaban J connectivity index is 0.00000162. The maximum atomic E-state index is 12.0. The predicted octanol–water partition coefficient (Wildman–Crippen LogP) is -0.0250. The number of Topliss-reactive ketones (excluding diaryl/α,β-unsaturated/α-hetero) is 1. The van der Waals surface area contributed by atoms with E-state index in [1.807, 2.05) is 0 Å². The van der Waals surface area contributed by atoms with Crippen molar-refractivity contribution in [3.05, 3.63) is 29.3 Å². The molecule has 0 bridgehead atoms. The molecule has 1 aromatic carbocycles. The molecule has 0 radical (unpaired) electrons. The fraction of sp³-hybridized carbons (Fsp3) is 0.364. The molecule has 0 saturated heterocycles. The molecule has 0 aliphatic heterocycles. The summed E-state index contributed by atoms with van der Waals surface area (Å²) < 4.78 is 40.7. The Morgan fingerprint density at radius 3 is 2.61 bits per heavy atom. The molecular weight excluding hydrogens is 271 g/mol. The minimum absolute atomic E-state index is 0. The monoisotopic (exact) mass is 282 g/mol. The number of halogens is 3. The zero-order valence-corrected chi connectivity index (χ0v) is 13.2. The molecule has 2 nitrogen and oxygen atoms in total. The van der Waals surface area contributed by atoms with Crippen LogP contribution >= 0.6 is 0 Å². The number of hydrogen-bond acceptors (Lipinski definition) is 2. The van der Waals surface area contributed by atoms with E-state index in [0.717, 1.165) is 18.4 Å². The zero-order chi connectivity index (χ0) is 12.5. The van der Waals surface area contributed by atoms with Gasteiger partial charge in [-0.25, -0.2) is 0 Å². The van der Waals surface area contributed by atoms with Crippen LogP contribution in [0.4, 0.5) is 12.9 Å². The first kappa shape index (κ1) is 16.2. The van der Waals surface area contributed by atoms with Gasteiger partial charge in [0.05, 0.1) is 6.51 Å². The number of fused-ring (bicyclic) bond motifs is 1. The number of ketones is 1. The first-order valence-corrected chi connectivity index (χ1v) is 5.45. The van der Waals surface area contributed by atoms with Gasteiger partial charge in [0.2, 0.25) is 0 Å². The van der Waals surface area contributed by atoms with Gasteiger partial charge in [0.1, 0.15) is 5.75 Å². The third kappa shape index (κ3) is 4.38. The van der Waals surface area contributed by atoms with E-state index in [-0.39, 0.29) is 62.9 Å². The number of benzene rings is 1. The van der Waals surface area contributed by atoms with Crippen LogP contribution in [-0.2, 0) is 6.42 Å². The largest absolute Gasteiger partial charge is 1.00 e. The molecule has 18 heavy (non-hydrogen) atoms. The first-order valence-electron chi connectivity index (χ1n) is 5.45. The molecule has 2 rings (SSSR count). The van der Waals surface area contributed by atoms with Crippen molar-refractivity contribution in [3.63, 3.8) is 0 Å². The van der Waals surface area contributed by atoms with E-state index >= 15 is 0 Å². The van der Waals surface area contributed by atoms with Crippen molar-refractivity contribution in [1.82, 2.24) is 0 Å². The Bertz CT molecular complexity index is 448. The molecule has 7 heteroatoms. The van der Waals surface area contributed by atoms with Crippen LogP contribution in [0.2, 0.25) is 0 Å². The normalized spacial score (nSPS) is 14.7. The summed E-state index contributed by atoms with van der Waals surface area (Å²) in [5.41, 5.74) is 1.40. The number of rotatable bonds is 3. The predicted molar refractivity (Wildman–Crippen MR) is 58.3 cm³/mol. The van der Waals surface area contributed by atoms with Crippen molar-refractivity contribution in [2.45, 2.75) is 19.3 Å². The number of ether oxygens (including phenoxy) is 1. The summed E-state index contributed by atoms with van der Waals surface area (Å²) in [5, 5.41) is 0. The van der Waals surface area contributed by atoms with Gasteiger partial charge in [-0.05, 0) is 36.6 Å². The summed E-state index contributed by atoms with van der Waals surface area (Å²) in [7, 11) is 0. The Morgan fingerprint density at radius 1 is 1.22 bits per heavy atom. The molecule has 0 amide bonds. The van der Waals surface area contributed by atoms with E-state index in [1.54, 1.807) is 6.07 Å². The molecule has 0 saturated carbocycles. The van der Waals surface area contributed by atoms with E-state index in [1.165, 1.54) is 12.1 Å². The standard InChI is InChI=1S/C11H11BF3O2.K/c13-12(14,15)7-17-9-4-5-10-8(6-9)2-1-3-11(10)16;/h4-6H,1-3,7H2;/q-1;+1. The summed E-state index contributed by atoms with van der Waals surface area (Å²) >= 11 is 0. The summed E-state index contributed by atoms with van der Waals surface area (Å²) in [4.78, 5) is 11.5. The van der Waals surface area contributed by atoms with Crippen LogP contribution in [0, 0.1) is 0 Å². The molecule has 0 spiro atoms. The zero-order valence-electron chi connectivity index (χ0n) is 10.1. The van der Waals surface area contributed by atoms with Crippen LogP contribution < -0.4 is 56.1 Å². The molecule has 0 unspecified atom stereocenters. The van der Waals surface area contributed by atoms with Gasteiger partial charge in [0, 0.05) is 12.0 Å². The minimum atomic E-state index is -4.94. The average molecular weight is 282 g/mol. The minimum Gasteiger partial charge on any atom is -0.522 e. The third-order valence-electron chi connectivity index (χ3n) is 2.67. The van der Waals surface area contributed by atoms with Gasteiger partial charge in [-0.2, -0.15) is 0 Å². The van der Waals surface area contributed by atoms with Crippen LogP contribution in [0.25, 0.3) is 0 Å². The molecule has 0 N–H and O–H groups in total. The van der Waals surface area contributed by atoms with Gasteiger partial charge < -0.3 is 17.7 Å². The van der Waals surface area contributed by atoms with Gasteiger partial charge >= 0.3 is 58.4 Å². The molecule has 0 atom stereocenters. The molecule has 92 valence electrons. The van der Waals surface area contributed by atoms with E-state index in [2.05, 4.69) is 4.74 Å². The van der Waals surface area contributed by atoms with E-state index < -0.39 is 13.5 Å². The smallest absolute Gasteiger partial charge is 0.522 e. The van der Waals surface area contributed by atoms with Crippen LogP contribution in [0.3, 0.4) is 0 Å². The molecule has 1 aliphatic carbocycles. The first-order chi connectivity index (χ1) is 7.96. The summed E-state index contributed by atoms with van der Waals surface area (Å²) in [5.74, 6) is 0.232. The van der Waals surface area contributed by atoms with E-state index in [9.17, 15) is 17.7 Å². The Kier molecular flexibility index (Phi) is 5.92. The molecular formula is C11H11BF3KO2. The van der Waals surface area contributed by atoms with Crippen molar-refractivity contribution < 1.29 is 73.9 Å². The van der Waals surface area contributed by atoms with Crippen LogP contribution in [0.15, 0.2) is 18.2 Å². The summed E-state index contributed by atoms with van der Waals surface area (Å²) in [6, 6.07) is 4.51. The maximum absolute atomic E-state index is 12.0. The fourth-order valence-electron chi connectivity index (χ4n) is 1.90. The number of aryl methyl sites for hydroxylation is 1. The van der Waals surface area contributed by atoms with Crippen molar-refractivity contribution in [2.75, 3.05) is 6.51 Å². The van der Waals surface area contributed by atoms with Crippen LogP contribution in [0.1, 0.15) is 28.8 Å². The molecule has 0 fully saturated rings. The van der Waals surface area contributed by atoms with E-state index in [0.29, 0.717) is 12.0 Å². The number of carbonyl (C=O) groups is 1. The van der Waals surface area contributed by atoms with Gasteiger partial charge in [-0.1, -0.05) is 0 Å². The summed E-state index contributed by atoms with van der Waals surface area (Å²) in [6.07, 6.45) is 1.98. The summed E-state index contributed by atoms with van der Waals surface area (Å²) in [6.45, 7) is -6.19. The van der Waals surface area contributed by atoms with Crippen molar-refractivity contribution in [1.29, 1.82) is 0 Å². The fourth-order valence-corrected chi connectivity index (χ4v) is 1.90. The Hall–Kier alpha value is 0.181.